The molecule has 0 aromatic heterocycles. The molecular weight excluding hydrogens is 348 g/mol. The van der Waals surface area contributed by atoms with E-state index in [0.29, 0.717) is 13.1 Å². The highest BCUT2D eigenvalue weighted by Gasteiger charge is 2.32. The first-order valence-corrected chi connectivity index (χ1v) is 10.3. The number of piperidine rings is 1. The number of amides is 2. The third-order valence-electron chi connectivity index (χ3n) is 5.69. The van der Waals surface area contributed by atoms with Crippen LogP contribution in [-0.4, -0.2) is 35.8 Å². The maximum Gasteiger partial charge on any atom is 0.234 e. The molecule has 0 aliphatic carbocycles. The van der Waals surface area contributed by atoms with Gasteiger partial charge >= 0.3 is 0 Å². The van der Waals surface area contributed by atoms with Crippen molar-refractivity contribution < 1.29 is 9.59 Å². The molecule has 1 fully saturated rings. The van der Waals surface area contributed by atoms with Gasteiger partial charge in [0.15, 0.2) is 0 Å². The number of carbonyl (C=O) groups excluding carboxylic acids is 2. The molecule has 28 heavy (non-hydrogen) atoms. The summed E-state index contributed by atoms with van der Waals surface area (Å²) in [6.45, 7) is 5.36. The van der Waals surface area contributed by atoms with E-state index in [9.17, 15) is 9.59 Å². The number of carbonyl (C=O) groups is 2. The SMILES string of the molecule is CCC(C)NC(=O)C1CCN(C(=O)C(c2ccccc2)c2ccccc2)CC1. The number of likely N-dealkylation sites (tertiary alicyclic amines) is 1. The van der Waals surface area contributed by atoms with Gasteiger partial charge in [-0.3, -0.25) is 9.59 Å². The van der Waals surface area contributed by atoms with Crippen molar-refractivity contribution >= 4 is 11.8 Å². The molecule has 0 spiro atoms. The van der Waals surface area contributed by atoms with Crippen LogP contribution in [0.15, 0.2) is 60.7 Å². The Hall–Kier alpha value is -2.62. The lowest BCUT2D eigenvalue weighted by Gasteiger charge is -2.34. The first-order valence-electron chi connectivity index (χ1n) is 10.3. The Labute approximate surface area is 167 Å². The third kappa shape index (κ3) is 4.80. The minimum absolute atomic E-state index is 0.00458. The monoisotopic (exact) mass is 378 g/mol. The average Bonchev–Trinajstić information content (AvgIpc) is 2.75. The van der Waals surface area contributed by atoms with Gasteiger partial charge in [-0.25, -0.2) is 0 Å². The molecule has 1 saturated heterocycles. The van der Waals surface area contributed by atoms with Gasteiger partial charge in [-0.05, 0) is 37.3 Å². The van der Waals surface area contributed by atoms with Gasteiger partial charge in [-0.2, -0.15) is 0 Å². The lowest BCUT2D eigenvalue weighted by atomic mass is 9.88. The molecule has 1 aliphatic rings. The molecule has 1 unspecified atom stereocenters. The molecule has 1 heterocycles. The Morgan fingerprint density at radius 2 is 1.46 bits per heavy atom. The van der Waals surface area contributed by atoms with Crippen molar-refractivity contribution in [3.8, 4) is 0 Å². The first kappa shape index (κ1) is 20.1. The number of rotatable bonds is 6. The van der Waals surface area contributed by atoms with Crippen LogP contribution in [0.2, 0.25) is 0 Å². The lowest BCUT2D eigenvalue weighted by Crippen LogP contribution is -2.46. The molecule has 4 heteroatoms. The molecule has 1 N–H and O–H groups in total. The predicted octanol–water partition coefficient (Wildman–Crippen LogP) is 3.97. The Balaban J connectivity index is 1.70. The van der Waals surface area contributed by atoms with E-state index in [-0.39, 0.29) is 29.7 Å². The van der Waals surface area contributed by atoms with Crippen molar-refractivity contribution in [3.63, 3.8) is 0 Å². The van der Waals surface area contributed by atoms with Gasteiger partial charge in [-0.1, -0.05) is 67.6 Å². The van der Waals surface area contributed by atoms with Crippen LogP contribution in [0.25, 0.3) is 0 Å². The minimum Gasteiger partial charge on any atom is -0.353 e. The lowest BCUT2D eigenvalue weighted by molar-refractivity contribution is -0.136. The van der Waals surface area contributed by atoms with Crippen molar-refractivity contribution in [1.29, 1.82) is 0 Å². The largest absolute Gasteiger partial charge is 0.353 e. The highest BCUT2D eigenvalue weighted by molar-refractivity contribution is 5.87. The van der Waals surface area contributed by atoms with E-state index in [1.807, 2.05) is 72.5 Å². The van der Waals surface area contributed by atoms with Crippen LogP contribution in [0.1, 0.15) is 50.2 Å². The van der Waals surface area contributed by atoms with Crippen LogP contribution in [-0.2, 0) is 9.59 Å². The number of nitrogens with one attached hydrogen (secondary N) is 1. The Kier molecular flexibility index (Phi) is 6.85. The fourth-order valence-corrected chi connectivity index (χ4v) is 3.78. The molecular formula is C24H30N2O2. The molecule has 2 aromatic rings. The summed E-state index contributed by atoms with van der Waals surface area (Å²) in [6, 6.07) is 20.1. The van der Waals surface area contributed by atoms with E-state index < -0.39 is 0 Å². The predicted molar refractivity (Wildman–Crippen MR) is 112 cm³/mol. The van der Waals surface area contributed by atoms with Crippen molar-refractivity contribution in [1.82, 2.24) is 10.2 Å². The van der Waals surface area contributed by atoms with E-state index in [0.717, 1.165) is 30.4 Å². The second-order valence-electron chi connectivity index (χ2n) is 7.67. The van der Waals surface area contributed by atoms with Gasteiger partial charge in [-0.15, -0.1) is 0 Å². The van der Waals surface area contributed by atoms with Crippen LogP contribution in [0.4, 0.5) is 0 Å². The van der Waals surface area contributed by atoms with E-state index in [2.05, 4.69) is 12.2 Å². The van der Waals surface area contributed by atoms with Gasteiger partial charge in [0, 0.05) is 25.0 Å². The van der Waals surface area contributed by atoms with E-state index in [1.54, 1.807) is 0 Å². The van der Waals surface area contributed by atoms with Crippen molar-refractivity contribution in [2.45, 2.75) is 45.1 Å². The zero-order valence-electron chi connectivity index (χ0n) is 16.8. The summed E-state index contributed by atoms with van der Waals surface area (Å²) in [5.41, 5.74) is 2.02. The van der Waals surface area contributed by atoms with Gasteiger partial charge in [0.2, 0.25) is 11.8 Å². The van der Waals surface area contributed by atoms with E-state index in [4.69, 9.17) is 0 Å². The van der Waals surface area contributed by atoms with Gasteiger partial charge in [0.05, 0.1) is 5.92 Å². The second kappa shape index (κ2) is 9.54. The topological polar surface area (TPSA) is 49.4 Å². The minimum atomic E-state index is -0.298. The van der Waals surface area contributed by atoms with E-state index in [1.165, 1.54) is 0 Å². The van der Waals surface area contributed by atoms with Gasteiger partial charge < -0.3 is 10.2 Å². The van der Waals surface area contributed by atoms with Crippen molar-refractivity contribution in [2.75, 3.05) is 13.1 Å². The summed E-state index contributed by atoms with van der Waals surface area (Å²) >= 11 is 0. The maximum atomic E-state index is 13.4. The highest BCUT2D eigenvalue weighted by Crippen LogP contribution is 2.29. The summed E-state index contributed by atoms with van der Waals surface area (Å²) in [5, 5.41) is 3.08. The zero-order chi connectivity index (χ0) is 19.9. The summed E-state index contributed by atoms with van der Waals surface area (Å²) in [6.07, 6.45) is 2.38. The summed E-state index contributed by atoms with van der Waals surface area (Å²) in [5.74, 6) is -0.0415. The van der Waals surface area contributed by atoms with Crippen molar-refractivity contribution in [3.05, 3.63) is 71.8 Å². The summed E-state index contributed by atoms with van der Waals surface area (Å²) in [7, 11) is 0. The maximum absolute atomic E-state index is 13.4. The first-order chi connectivity index (χ1) is 13.6. The fourth-order valence-electron chi connectivity index (χ4n) is 3.78. The van der Waals surface area contributed by atoms with Gasteiger partial charge in [0.25, 0.3) is 0 Å². The smallest absolute Gasteiger partial charge is 0.234 e. The molecule has 0 bridgehead atoms. The Morgan fingerprint density at radius 1 is 0.964 bits per heavy atom. The molecule has 1 aliphatic heterocycles. The summed E-state index contributed by atoms with van der Waals surface area (Å²) in [4.78, 5) is 27.8. The molecule has 1 atom stereocenters. The molecule has 148 valence electrons. The number of hydrogen-bond acceptors (Lipinski definition) is 2. The molecule has 2 aromatic carbocycles. The molecule has 0 saturated carbocycles. The van der Waals surface area contributed by atoms with Crippen LogP contribution in [0.5, 0.6) is 0 Å². The summed E-state index contributed by atoms with van der Waals surface area (Å²) < 4.78 is 0. The Morgan fingerprint density at radius 3 is 1.93 bits per heavy atom. The van der Waals surface area contributed by atoms with Crippen LogP contribution in [0, 0.1) is 5.92 Å². The standard InChI is InChI=1S/C24H30N2O2/c1-3-18(2)25-23(27)21-14-16-26(17-15-21)24(28)22(19-10-6-4-7-11-19)20-12-8-5-9-13-20/h4-13,18,21-22H,3,14-17H2,1-2H3,(H,25,27). The number of hydrogen-bond donors (Lipinski definition) is 1. The fraction of sp³-hybridized carbons (Fsp3) is 0.417. The number of nitrogens with zero attached hydrogens (tertiary/aromatic N) is 1. The van der Waals surface area contributed by atoms with Crippen LogP contribution in [0.3, 0.4) is 0 Å². The Bertz CT molecular complexity index is 728. The van der Waals surface area contributed by atoms with E-state index >= 15 is 0 Å². The van der Waals surface area contributed by atoms with Crippen LogP contribution < -0.4 is 5.32 Å². The molecule has 2 amide bonds. The third-order valence-corrected chi connectivity index (χ3v) is 5.69. The second-order valence-corrected chi connectivity index (χ2v) is 7.67. The molecule has 3 rings (SSSR count). The number of benzene rings is 2. The van der Waals surface area contributed by atoms with Crippen LogP contribution >= 0.6 is 0 Å². The normalized spacial score (nSPS) is 16.0. The zero-order valence-corrected chi connectivity index (χ0v) is 16.8. The average molecular weight is 379 g/mol. The van der Waals surface area contributed by atoms with Gasteiger partial charge in [0.1, 0.15) is 0 Å². The quantitative estimate of drug-likeness (QED) is 0.827. The van der Waals surface area contributed by atoms with Crippen molar-refractivity contribution in [2.24, 2.45) is 5.92 Å². The molecule has 4 nitrogen and oxygen atoms in total. The molecule has 0 radical (unpaired) electrons. The highest BCUT2D eigenvalue weighted by atomic mass is 16.2.